The first-order chi connectivity index (χ1) is 13.6. The minimum Gasteiger partial charge on any atom is -0.487 e. The number of hydrogen-bond acceptors (Lipinski definition) is 5. The summed E-state index contributed by atoms with van der Waals surface area (Å²) in [7, 11) is 0. The number of nitrogens with one attached hydrogen (secondary N) is 2. The van der Waals surface area contributed by atoms with Gasteiger partial charge in [-0.05, 0) is 42.5 Å². The van der Waals surface area contributed by atoms with Crippen molar-refractivity contribution in [1.82, 2.24) is 15.0 Å². The van der Waals surface area contributed by atoms with Gasteiger partial charge in [0.2, 0.25) is 5.56 Å². The number of hydrogen-bond donors (Lipinski definition) is 2. The zero-order chi connectivity index (χ0) is 19.5. The number of aromatic amines is 1. The Morgan fingerprint density at radius 3 is 2.64 bits per heavy atom. The minimum absolute atomic E-state index is 0.133. The highest BCUT2D eigenvalue weighted by Gasteiger charge is 2.04. The molecule has 0 aliphatic rings. The van der Waals surface area contributed by atoms with E-state index in [1.165, 1.54) is 6.07 Å². The lowest BCUT2D eigenvalue weighted by Crippen LogP contribution is -2.03. The zero-order valence-electron chi connectivity index (χ0n) is 14.4. The highest BCUT2D eigenvalue weighted by atomic mass is 35.5. The normalized spacial score (nSPS) is 10.8. The van der Waals surface area contributed by atoms with Crippen LogP contribution in [0.15, 0.2) is 65.7 Å². The predicted molar refractivity (Wildman–Crippen MR) is 111 cm³/mol. The summed E-state index contributed by atoms with van der Waals surface area (Å²) in [4.78, 5) is 22.8. The number of nitrogens with zero attached hydrogens (tertiary/aromatic N) is 2. The van der Waals surface area contributed by atoms with E-state index in [4.69, 9.17) is 27.9 Å². The first kappa shape index (κ1) is 18.3. The number of halogens is 2. The third-order valence-corrected chi connectivity index (χ3v) is 4.72. The average molecular weight is 413 g/mol. The Balaban J connectivity index is 1.41. The fourth-order valence-corrected chi connectivity index (χ4v) is 2.89. The number of fused-ring (bicyclic) bond motifs is 1. The minimum atomic E-state index is -0.133. The van der Waals surface area contributed by atoms with Gasteiger partial charge in [-0.15, -0.1) is 0 Å². The summed E-state index contributed by atoms with van der Waals surface area (Å²) in [5.41, 5.74) is 2.08. The molecular formula is C20H14Cl2N4O2. The van der Waals surface area contributed by atoms with Crippen LogP contribution in [-0.2, 0) is 6.61 Å². The molecule has 0 saturated heterocycles. The van der Waals surface area contributed by atoms with Gasteiger partial charge in [0.15, 0.2) is 0 Å². The van der Waals surface area contributed by atoms with E-state index < -0.39 is 0 Å². The fraction of sp³-hybridized carbons (Fsp3) is 0.0500. The second-order valence-corrected chi connectivity index (χ2v) is 6.82. The Kier molecular flexibility index (Phi) is 5.14. The maximum Gasteiger partial charge on any atom is 0.248 e. The van der Waals surface area contributed by atoms with E-state index in [0.29, 0.717) is 27.3 Å². The van der Waals surface area contributed by atoms with E-state index in [0.717, 1.165) is 16.6 Å². The van der Waals surface area contributed by atoms with Crippen molar-refractivity contribution in [2.75, 3.05) is 5.32 Å². The van der Waals surface area contributed by atoms with E-state index >= 15 is 0 Å². The molecule has 0 aliphatic carbocycles. The maximum atomic E-state index is 11.3. The number of rotatable bonds is 5. The molecule has 28 heavy (non-hydrogen) atoms. The second kappa shape index (κ2) is 7.88. The van der Waals surface area contributed by atoms with Gasteiger partial charge in [0.05, 0.1) is 28.1 Å². The summed E-state index contributed by atoms with van der Waals surface area (Å²) in [5, 5.41) is 4.96. The molecule has 0 aliphatic heterocycles. The van der Waals surface area contributed by atoms with Crippen LogP contribution in [0.2, 0.25) is 10.0 Å². The number of pyridine rings is 1. The molecule has 2 aromatic carbocycles. The van der Waals surface area contributed by atoms with Gasteiger partial charge in [0.1, 0.15) is 18.2 Å². The van der Waals surface area contributed by atoms with Gasteiger partial charge in [-0.1, -0.05) is 23.2 Å². The van der Waals surface area contributed by atoms with Crippen molar-refractivity contribution in [2.24, 2.45) is 0 Å². The molecule has 0 radical (unpaired) electrons. The molecule has 4 rings (SSSR count). The van der Waals surface area contributed by atoms with Crippen LogP contribution in [0, 0.1) is 0 Å². The number of H-pyrrole nitrogens is 1. The summed E-state index contributed by atoms with van der Waals surface area (Å²) in [6, 6.07) is 13.9. The van der Waals surface area contributed by atoms with Gasteiger partial charge < -0.3 is 15.0 Å². The fourth-order valence-electron chi connectivity index (χ4n) is 2.60. The number of anilines is 2. The summed E-state index contributed by atoms with van der Waals surface area (Å²) < 4.78 is 5.77. The van der Waals surface area contributed by atoms with Crippen LogP contribution < -0.4 is 15.6 Å². The molecule has 2 aromatic heterocycles. The van der Waals surface area contributed by atoms with Gasteiger partial charge in [-0.25, -0.2) is 4.98 Å². The molecule has 0 unspecified atom stereocenters. The molecule has 0 amide bonds. The van der Waals surface area contributed by atoms with Crippen LogP contribution in [0.1, 0.15) is 5.69 Å². The molecule has 0 spiro atoms. The molecule has 8 heteroatoms. The van der Waals surface area contributed by atoms with Crippen LogP contribution in [0.4, 0.5) is 11.5 Å². The third kappa shape index (κ3) is 4.24. The molecule has 2 N–H and O–H groups in total. The monoisotopic (exact) mass is 412 g/mol. The van der Waals surface area contributed by atoms with Crippen LogP contribution in [0.25, 0.3) is 10.9 Å². The largest absolute Gasteiger partial charge is 0.487 e. The number of benzene rings is 2. The Morgan fingerprint density at radius 1 is 0.964 bits per heavy atom. The highest BCUT2D eigenvalue weighted by molar-refractivity contribution is 6.42. The number of aromatic nitrogens is 3. The van der Waals surface area contributed by atoms with Crippen LogP contribution in [0.3, 0.4) is 0 Å². The molecule has 2 heterocycles. The van der Waals surface area contributed by atoms with E-state index in [1.54, 1.807) is 42.7 Å². The molecule has 0 bridgehead atoms. The van der Waals surface area contributed by atoms with Crippen molar-refractivity contribution in [1.29, 1.82) is 0 Å². The lowest BCUT2D eigenvalue weighted by molar-refractivity contribution is 0.301. The molecule has 140 valence electrons. The lowest BCUT2D eigenvalue weighted by atomic mass is 10.2. The average Bonchev–Trinajstić information content (AvgIpc) is 2.70. The SMILES string of the molecule is O=c1ccc2cc(OCc3cnc(Nc4ccc(Cl)c(Cl)c4)cn3)ccc2[nH]1. The third-order valence-electron chi connectivity index (χ3n) is 3.98. The molecular weight excluding hydrogens is 399 g/mol. The highest BCUT2D eigenvalue weighted by Crippen LogP contribution is 2.26. The topological polar surface area (TPSA) is 79.9 Å². The van der Waals surface area contributed by atoms with E-state index in [2.05, 4.69) is 20.3 Å². The van der Waals surface area contributed by atoms with Crippen molar-refractivity contribution in [3.8, 4) is 5.75 Å². The van der Waals surface area contributed by atoms with Gasteiger partial charge in [0.25, 0.3) is 0 Å². The molecule has 0 fully saturated rings. The van der Waals surface area contributed by atoms with Crippen molar-refractivity contribution < 1.29 is 4.74 Å². The van der Waals surface area contributed by atoms with Crippen LogP contribution in [0.5, 0.6) is 5.75 Å². The number of ether oxygens (including phenoxy) is 1. The first-order valence-electron chi connectivity index (χ1n) is 8.36. The van der Waals surface area contributed by atoms with Gasteiger partial charge in [-0.2, -0.15) is 0 Å². The van der Waals surface area contributed by atoms with Gasteiger partial charge in [-0.3, -0.25) is 9.78 Å². The molecule has 0 saturated carbocycles. The van der Waals surface area contributed by atoms with Crippen LogP contribution in [-0.4, -0.2) is 15.0 Å². The van der Waals surface area contributed by atoms with Crippen molar-refractivity contribution >= 4 is 45.6 Å². The zero-order valence-corrected chi connectivity index (χ0v) is 16.0. The van der Waals surface area contributed by atoms with E-state index in [9.17, 15) is 4.79 Å². The Bertz CT molecular complexity index is 1190. The first-order valence-corrected chi connectivity index (χ1v) is 9.11. The van der Waals surface area contributed by atoms with Crippen molar-refractivity contribution in [2.45, 2.75) is 6.61 Å². The second-order valence-electron chi connectivity index (χ2n) is 6.01. The Morgan fingerprint density at radius 2 is 1.86 bits per heavy atom. The predicted octanol–water partition coefficient (Wildman–Crippen LogP) is 4.95. The summed E-state index contributed by atoms with van der Waals surface area (Å²) in [6.45, 7) is 0.273. The van der Waals surface area contributed by atoms with Gasteiger partial charge >= 0.3 is 0 Å². The van der Waals surface area contributed by atoms with Crippen molar-refractivity contribution in [3.63, 3.8) is 0 Å². The molecule has 0 atom stereocenters. The Labute approximate surface area is 170 Å². The molecule has 4 aromatic rings. The standard InChI is InChI=1S/C20H14Cl2N4O2/c21-16-4-2-13(8-17(16)22)25-19-10-23-14(9-24-19)11-28-15-3-5-18-12(7-15)1-6-20(27)26-18/h1-10H,11H2,(H,24,25)(H,26,27). The summed E-state index contributed by atoms with van der Waals surface area (Å²) in [6.07, 6.45) is 3.25. The van der Waals surface area contributed by atoms with Gasteiger partial charge in [0, 0.05) is 22.7 Å². The van der Waals surface area contributed by atoms with Crippen molar-refractivity contribution in [3.05, 3.63) is 87.0 Å². The smallest absolute Gasteiger partial charge is 0.248 e. The quantitative estimate of drug-likeness (QED) is 0.484. The van der Waals surface area contributed by atoms with E-state index in [1.807, 2.05) is 12.1 Å². The summed E-state index contributed by atoms with van der Waals surface area (Å²) in [5.74, 6) is 1.26. The lowest BCUT2D eigenvalue weighted by Gasteiger charge is -2.09. The molecule has 6 nitrogen and oxygen atoms in total. The summed E-state index contributed by atoms with van der Waals surface area (Å²) >= 11 is 11.9. The Hall–Kier alpha value is -3.09. The van der Waals surface area contributed by atoms with Crippen LogP contribution >= 0.6 is 23.2 Å². The maximum absolute atomic E-state index is 11.3. The van der Waals surface area contributed by atoms with E-state index in [-0.39, 0.29) is 12.2 Å².